The molecule has 1 aliphatic rings. The van der Waals surface area contributed by atoms with Gasteiger partial charge in [-0.1, -0.05) is 24.3 Å². The Kier molecular flexibility index (Phi) is 6.99. The lowest BCUT2D eigenvalue weighted by Crippen LogP contribution is -2.47. The molecule has 0 radical (unpaired) electrons. The van der Waals surface area contributed by atoms with Gasteiger partial charge in [-0.25, -0.2) is 4.98 Å². The third-order valence-electron chi connectivity index (χ3n) is 5.82. The van der Waals surface area contributed by atoms with Crippen molar-refractivity contribution in [3.63, 3.8) is 0 Å². The summed E-state index contributed by atoms with van der Waals surface area (Å²) in [6, 6.07) is 16.5. The number of nitrogens with zero attached hydrogens (tertiary/aromatic N) is 4. The van der Waals surface area contributed by atoms with Crippen LogP contribution < -0.4 is 10.2 Å². The summed E-state index contributed by atoms with van der Waals surface area (Å²) in [5.41, 5.74) is 4.49. The summed E-state index contributed by atoms with van der Waals surface area (Å²) in [6.07, 6.45) is 6.47. The van der Waals surface area contributed by atoms with Gasteiger partial charge >= 0.3 is 0 Å². The van der Waals surface area contributed by atoms with E-state index in [1.54, 1.807) is 12.5 Å². The number of hydrogen-bond donors (Lipinski definition) is 1. The van der Waals surface area contributed by atoms with Gasteiger partial charge in [0.25, 0.3) is 5.91 Å². The molecule has 4 rings (SSSR count). The van der Waals surface area contributed by atoms with Crippen LogP contribution in [0, 0.1) is 6.92 Å². The first kappa shape index (κ1) is 21.1. The van der Waals surface area contributed by atoms with Crippen LogP contribution in [0.25, 0.3) is 0 Å². The molecule has 1 fully saturated rings. The predicted octanol–water partition coefficient (Wildman–Crippen LogP) is 3.18. The molecule has 6 nitrogen and oxygen atoms in total. The first-order chi connectivity index (χ1) is 15.2. The number of nitrogens with one attached hydrogen (secondary N) is 1. The zero-order chi connectivity index (χ0) is 21.5. The molecule has 1 saturated heterocycles. The van der Waals surface area contributed by atoms with E-state index in [0.29, 0.717) is 12.1 Å². The van der Waals surface area contributed by atoms with Crippen LogP contribution in [0.3, 0.4) is 0 Å². The van der Waals surface area contributed by atoms with E-state index in [4.69, 9.17) is 0 Å². The van der Waals surface area contributed by atoms with E-state index in [9.17, 15) is 4.79 Å². The standard InChI is InChI=1S/C25H31N5O/c1-21-4-2-5-24(18-21)30-16-14-28(15-17-30)12-3-10-27-25(31)23-8-6-22(7-9-23)19-29-13-11-26-20-29/h2,4-9,11,13,18,20H,3,10,12,14-17,19H2,1H3,(H,27,31). The first-order valence-corrected chi connectivity index (χ1v) is 11.0. The minimum atomic E-state index is -0.00144. The lowest BCUT2D eigenvalue weighted by Gasteiger charge is -2.36. The second-order valence-electron chi connectivity index (χ2n) is 8.21. The van der Waals surface area contributed by atoms with E-state index in [1.807, 2.05) is 35.0 Å². The van der Waals surface area contributed by atoms with E-state index >= 15 is 0 Å². The molecule has 0 unspecified atom stereocenters. The summed E-state index contributed by atoms with van der Waals surface area (Å²) in [5, 5.41) is 3.05. The monoisotopic (exact) mass is 417 g/mol. The molecule has 1 aliphatic heterocycles. The Labute approximate surface area is 184 Å². The fourth-order valence-corrected chi connectivity index (χ4v) is 4.01. The van der Waals surface area contributed by atoms with E-state index in [1.165, 1.54) is 11.3 Å². The van der Waals surface area contributed by atoms with E-state index in [0.717, 1.165) is 51.3 Å². The highest BCUT2D eigenvalue weighted by Crippen LogP contribution is 2.17. The number of benzene rings is 2. The molecule has 2 heterocycles. The maximum absolute atomic E-state index is 12.4. The quantitative estimate of drug-likeness (QED) is 0.572. The average Bonchev–Trinajstić information content (AvgIpc) is 3.30. The van der Waals surface area contributed by atoms with Crippen molar-refractivity contribution in [2.45, 2.75) is 19.9 Å². The van der Waals surface area contributed by atoms with Crippen LogP contribution in [0.15, 0.2) is 67.3 Å². The number of anilines is 1. The lowest BCUT2D eigenvalue weighted by molar-refractivity contribution is 0.0951. The van der Waals surface area contributed by atoms with E-state index < -0.39 is 0 Å². The highest BCUT2D eigenvalue weighted by atomic mass is 16.1. The number of rotatable bonds is 8. The maximum Gasteiger partial charge on any atom is 0.251 e. The van der Waals surface area contributed by atoms with Gasteiger partial charge in [0.05, 0.1) is 6.33 Å². The molecule has 1 N–H and O–H groups in total. The van der Waals surface area contributed by atoms with Gasteiger partial charge in [-0.3, -0.25) is 9.69 Å². The molecule has 0 spiro atoms. The number of carbonyl (C=O) groups is 1. The molecule has 1 amide bonds. The van der Waals surface area contributed by atoms with Gasteiger partial charge in [-0.2, -0.15) is 0 Å². The third-order valence-corrected chi connectivity index (χ3v) is 5.82. The molecule has 2 aromatic carbocycles. The smallest absolute Gasteiger partial charge is 0.251 e. The van der Waals surface area contributed by atoms with Crippen LogP contribution in [-0.4, -0.2) is 59.6 Å². The molecule has 1 aromatic heterocycles. The van der Waals surface area contributed by atoms with E-state index in [-0.39, 0.29) is 5.91 Å². The second kappa shape index (κ2) is 10.3. The summed E-state index contributed by atoms with van der Waals surface area (Å²) >= 11 is 0. The molecule has 162 valence electrons. The topological polar surface area (TPSA) is 53.4 Å². The van der Waals surface area contributed by atoms with Crippen molar-refractivity contribution in [2.75, 3.05) is 44.2 Å². The van der Waals surface area contributed by atoms with Gasteiger partial charge in [0.15, 0.2) is 0 Å². The van der Waals surface area contributed by atoms with Crippen LogP contribution in [0.5, 0.6) is 0 Å². The van der Waals surface area contributed by atoms with Crippen LogP contribution in [0.1, 0.15) is 27.9 Å². The van der Waals surface area contributed by atoms with Crippen molar-refractivity contribution >= 4 is 11.6 Å². The van der Waals surface area contributed by atoms with Crippen molar-refractivity contribution in [1.82, 2.24) is 19.8 Å². The number of amides is 1. The normalized spacial score (nSPS) is 14.5. The van der Waals surface area contributed by atoms with Gasteiger partial charge in [-0.05, 0) is 55.3 Å². The van der Waals surface area contributed by atoms with Gasteiger partial charge in [0.1, 0.15) is 0 Å². The molecule has 0 bridgehead atoms. The Morgan fingerprint density at radius 1 is 1.06 bits per heavy atom. The SMILES string of the molecule is Cc1cccc(N2CCN(CCCNC(=O)c3ccc(Cn4ccnc4)cc3)CC2)c1. The Bertz CT molecular complexity index is 960. The highest BCUT2D eigenvalue weighted by Gasteiger charge is 2.17. The van der Waals surface area contributed by atoms with Gasteiger partial charge < -0.3 is 14.8 Å². The summed E-state index contributed by atoms with van der Waals surface area (Å²) in [7, 11) is 0. The Balaban J connectivity index is 1.14. The molecule has 0 saturated carbocycles. The number of hydrogen-bond acceptors (Lipinski definition) is 4. The van der Waals surface area contributed by atoms with Crippen molar-refractivity contribution < 1.29 is 4.79 Å². The van der Waals surface area contributed by atoms with Crippen LogP contribution in [-0.2, 0) is 6.54 Å². The minimum Gasteiger partial charge on any atom is -0.369 e. The molecule has 31 heavy (non-hydrogen) atoms. The van der Waals surface area contributed by atoms with Crippen LogP contribution in [0.2, 0.25) is 0 Å². The Morgan fingerprint density at radius 2 is 1.87 bits per heavy atom. The van der Waals surface area contributed by atoms with Gasteiger partial charge in [0.2, 0.25) is 0 Å². The summed E-state index contributed by atoms with van der Waals surface area (Å²) in [6.45, 7) is 8.88. The number of piperazine rings is 1. The van der Waals surface area contributed by atoms with E-state index in [2.05, 4.69) is 51.3 Å². The van der Waals surface area contributed by atoms with Gasteiger partial charge in [0, 0.05) is 62.9 Å². The fraction of sp³-hybridized carbons (Fsp3) is 0.360. The van der Waals surface area contributed by atoms with Crippen molar-refractivity contribution in [2.24, 2.45) is 0 Å². The predicted molar refractivity (Wildman–Crippen MR) is 125 cm³/mol. The first-order valence-electron chi connectivity index (χ1n) is 11.0. The number of imidazole rings is 1. The molecular formula is C25H31N5O. The largest absolute Gasteiger partial charge is 0.369 e. The summed E-state index contributed by atoms with van der Waals surface area (Å²) < 4.78 is 2.01. The molecular weight excluding hydrogens is 386 g/mol. The van der Waals surface area contributed by atoms with Crippen molar-refractivity contribution in [3.8, 4) is 0 Å². The molecule has 0 atom stereocenters. The van der Waals surface area contributed by atoms with Crippen LogP contribution >= 0.6 is 0 Å². The van der Waals surface area contributed by atoms with Crippen molar-refractivity contribution in [3.05, 3.63) is 83.9 Å². The molecule has 3 aromatic rings. The number of carbonyl (C=O) groups excluding carboxylic acids is 1. The van der Waals surface area contributed by atoms with Gasteiger partial charge in [-0.15, -0.1) is 0 Å². The lowest BCUT2D eigenvalue weighted by atomic mass is 10.1. The maximum atomic E-state index is 12.4. The average molecular weight is 418 g/mol. The Morgan fingerprint density at radius 3 is 2.58 bits per heavy atom. The van der Waals surface area contributed by atoms with Crippen LogP contribution in [0.4, 0.5) is 5.69 Å². The molecule has 0 aliphatic carbocycles. The third kappa shape index (κ3) is 5.95. The number of aromatic nitrogens is 2. The Hall–Kier alpha value is -3.12. The molecule has 6 heteroatoms. The zero-order valence-corrected chi connectivity index (χ0v) is 18.2. The van der Waals surface area contributed by atoms with Crippen molar-refractivity contribution in [1.29, 1.82) is 0 Å². The number of aryl methyl sites for hydroxylation is 1. The summed E-state index contributed by atoms with van der Waals surface area (Å²) in [5.74, 6) is -0.00144. The highest BCUT2D eigenvalue weighted by molar-refractivity contribution is 5.94. The fourth-order valence-electron chi connectivity index (χ4n) is 4.01. The summed E-state index contributed by atoms with van der Waals surface area (Å²) in [4.78, 5) is 21.4. The second-order valence-corrected chi connectivity index (χ2v) is 8.21. The minimum absolute atomic E-state index is 0.00144. The zero-order valence-electron chi connectivity index (χ0n) is 18.2.